The van der Waals surface area contributed by atoms with Crippen molar-refractivity contribution in [3.63, 3.8) is 0 Å². The summed E-state index contributed by atoms with van der Waals surface area (Å²) in [6.07, 6.45) is 0.822. The molecule has 0 unspecified atom stereocenters. The smallest absolute Gasteiger partial charge is 0.407 e. The van der Waals surface area contributed by atoms with Gasteiger partial charge >= 0.3 is 6.09 Å². The fraction of sp³-hybridized carbons (Fsp3) is 0.588. The van der Waals surface area contributed by atoms with Crippen LogP contribution < -0.4 is 5.32 Å². The lowest BCUT2D eigenvalue weighted by molar-refractivity contribution is 0.0589. The number of nitrogens with zero attached hydrogens (tertiary/aromatic N) is 1. The Hall–Kier alpha value is -1.55. The standard InChI is InChI=1S/C17H26N2O2/c1-16(2)10-14(11-17(3,4)18-16)19(15(20)21)12-13-8-6-5-7-9-13/h5-9,14,18H,10-12H2,1-4H3,(H,20,21). The molecule has 1 aromatic carbocycles. The molecule has 4 nitrogen and oxygen atoms in total. The third-order valence-corrected chi connectivity index (χ3v) is 4.05. The zero-order valence-corrected chi connectivity index (χ0v) is 13.4. The van der Waals surface area contributed by atoms with E-state index < -0.39 is 6.09 Å². The summed E-state index contributed by atoms with van der Waals surface area (Å²) < 4.78 is 0. The normalized spacial score (nSPS) is 21.0. The minimum Gasteiger partial charge on any atom is -0.465 e. The molecule has 116 valence electrons. The van der Waals surface area contributed by atoms with Crippen molar-refractivity contribution in [2.24, 2.45) is 0 Å². The second kappa shape index (κ2) is 5.68. The van der Waals surface area contributed by atoms with Crippen molar-refractivity contribution in [1.82, 2.24) is 10.2 Å². The van der Waals surface area contributed by atoms with Gasteiger partial charge in [0.25, 0.3) is 0 Å². The Morgan fingerprint density at radius 2 is 1.71 bits per heavy atom. The topological polar surface area (TPSA) is 52.6 Å². The molecule has 0 aliphatic carbocycles. The summed E-state index contributed by atoms with van der Waals surface area (Å²) in [6.45, 7) is 9.02. The zero-order valence-electron chi connectivity index (χ0n) is 13.4. The minimum atomic E-state index is -0.836. The number of piperidine rings is 1. The first-order valence-electron chi connectivity index (χ1n) is 7.51. The summed E-state index contributed by atoms with van der Waals surface area (Å²) in [4.78, 5) is 13.3. The van der Waals surface area contributed by atoms with Crippen LogP contribution in [0.2, 0.25) is 0 Å². The van der Waals surface area contributed by atoms with Gasteiger partial charge in [0.15, 0.2) is 0 Å². The first kappa shape index (κ1) is 15.8. The zero-order chi connectivity index (χ0) is 15.7. The van der Waals surface area contributed by atoms with E-state index in [1.54, 1.807) is 4.90 Å². The van der Waals surface area contributed by atoms with E-state index in [9.17, 15) is 9.90 Å². The summed E-state index contributed by atoms with van der Waals surface area (Å²) in [5, 5.41) is 13.2. The molecule has 21 heavy (non-hydrogen) atoms. The molecule has 1 amide bonds. The van der Waals surface area contributed by atoms with E-state index in [0.717, 1.165) is 18.4 Å². The number of amides is 1. The minimum absolute atomic E-state index is 0.0361. The predicted octanol–water partition coefficient (Wildman–Crippen LogP) is 3.48. The van der Waals surface area contributed by atoms with Crippen LogP contribution in [0.4, 0.5) is 4.79 Å². The largest absolute Gasteiger partial charge is 0.465 e. The van der Waals surface area contributed by atoms with E-state index in [1.807, 2.05) is 30.3 Å². The van der Waals surface area contributed by atoms with Gasteiger partial charge in [-0.1, -0.05) is 30.3 Å². The monoisotopic (exact) mass is 290 g/mol. The molecule has 0 saturated carbocycles. The van der Waals surface area contributed by atoms with Crippen molar-refractivity contribution in [2.75, 3.05) is 0 Å². The lowest BCUT2D eigenvalue weighted by Gasteiger charge is -2.49. The second-order valence-corrected chi connectivity index (χ2v) is 7.35. The van der Waals surface area contributed by atoms with Crippen LogP contribution in [0.15, 0.2) is 30.3 Å². The highest BCUT2D eigenvalue weighted by atomic mass is 16.4. The molecule has 1 heterocycles. The fourth-order valence-corrected chi connectivity index (χ4v) is 3.62. The second-order valence-electron chi connectivity index (χ2n) is 7.35. The van der Waals surface area contributed by atoms with Crippen molar-refractivity contribution in [1.29, 1.82) is 0 Å². The molecule has 0 bridgehead atoms. The van der Waals surface area contributed by atoms with Crippen LogP contribution in [0.3, 0.4) is 0 Å². The summed E-state index contributed by atoms with van der Waals surface area (Å²) in [7, 11) is 0. The quantitative estimate of drug-likeness (QED) is 0.896. The van der Waals surface area contributed by atoms with Crippen LogP contribution in [-0.4, -0.2) is 33.2 Å². The number of benzene rings is 1. The van der Waals surface area contributed by atoms with Crippen molar-refractivity contribution in [2.45, 2.75) is 64.2 Å². The molecular formula is C17H26N2O2. The molecule has 1 aromatic rings. The summed E-state index contributed by atoms with van der Waals surface area (Å²) in [6, 6.07) is 9.84. The first-order valence-corrected chi connectivity index (χ1v) is 7.51. The number of carbonyl (C=O) groups is 1. The van der Waals surface area contributed by atoms with Gasteiger partial charge in [-0.3, -0.25) is 0 Å². The average molecular weight is 290 g/mol. The lowest BCUT2D eigenvalue weighted by atomic mass is 9.79. The number of nitrogens with one attached hydrogen (secondary N) is 1. The molecule has 4 heteroatoms. The van der Waals surface area contributed by atoms with Crippen molar-refractivity contribution < 1.29 is 9.90 Å². The van der Waals surface area contributed by atoms with Crippen molar-refractivity contribution >= 4 is 6.09 Å². The van der Waals surface area contributed by atoms with Gasteiger partial charge in [-0.15, -0.1) is 0 Å². The first-order chi connectivity index (χ1) is 9.69. The van der Waals surface area contributed by atoms with Crippen LogP contribution in [0.25, 0.3) is 0 Å². The SMILES string of the molecule is CC1(C)CC(N(Cc2ccccc2)C(=O)O)CC(C)(C)N1. The van der Waals surface area contributed by atoms with Gasteiger partial charge in [0.1, 0.15) is 0 Å². The van der Waals surface area contributed by atoms with Gasteiger partial charge in [0.2, 0.25) is 0 Å². The van der Waals surface area contributed by atoms with Crippen LogP contribution in [0.5, 0.6) is 0 Å². The van der Waals surface area contributed by atoms with Crippen LogP contribution in [-0.2, 0) is 6.54 Å². The van der Waals surface area contributed by atoms with Crippen LogP contribution >= 0.6 is 0 Å². The maximum absolute atomic E-state index is 11.7. The number of carboxylic acid groups (broad SMARTS) is 1. The van der Waals surface area contributed by atoms with Crippen LogP contribution in [0.1, 0.15) is 46.1 Å². The highest BCUT2D eigenvalue weighted by molar-refractivity contribution is 5.65. The number of hydrogen-bond acceptors (Lipinski definition) is 2. The van der Waals surface area contributed by atoms with Crippen molar-refractivity contribution in [3.8, 4) is 0 Å². The molecule has 2 rings (SSSR count). The molecule has 0 radical (unpaired) electrons. The van der Waals surface area contributed by atoms with Gasteiger partial charge < -0.3 is 15.3 Å². The maximum Gasteiger partial charge on any atom is 0.407 e. The predicted molar refractivity (Wildman–Crippen MR) is 84.3 cm³/mol. The molecule has 1 aliphatic rings. The van der Waals surface area contributed by atoms with Gasteiger partial charge in [-0.05, 0) is 46.1 Å². The molecule has 1 saturated heterocycles. The number of rotatable bonds is 3. The van der Waals surface area contributed by atoms with E-state index >= 15 is 0 Å². The highest BCUT2D eigenvalue weighted by Crippen LogP contribution is 2.32. The Kier molecular flexibility index (Phi) is 4.28. The lowest BCUT2D eigenvalue weighted by Crippen LogP contribution is -2.62. The fourth-order valence-electron chi connectivity index (χ4n) is 3.62. The van der Waals surface area contributed by atoms with Gasteiger partial charge in [-0.2, -0.15) is 0 Å². The summed E-state index contributed by atoms with van der Waals surface area (Å²) >= 11 is 0. The van der Waals surface area contributed by atoms with Gasteiger partial charge in [0.05, 0.1) is 0 Å². The maximum atomic E-state index is 11.7. The average Bonchev–Trinajstić information content (AvgIpc) is 2.33. The molecular weight excluding hydrogens is 264 g/mol. The number of hydrogen-bond donors (Lipinski definition) is 2. The Morgan fingerprint density at radius 3 is 2.19 bits per heavy atom. The molecule has 1 fully saturated rings. The van der Waals surface area contributed by atoms with Crippen LogP contribution in [0, 0.1) is 0 Å². The Balaban J connectivity index is 2.20. The summed E-state index contributed by atoms with van der Waals surface area (Å²) in [5.74, 6) is 0. The Labute approximate surface area is 127 Å². The molecule has 0 aromatic heterocycles. The molecule has 1 aliphatic heterocycles. The molecule has 2 N–H and O–H groups in total. The highest BCUT2D eigenvalue weighted by Gasteiger charge is 2.41. The van der Waals surface area contributed by atoms with Gasteiger partial charge in [-0.25, -0.2) is 4.79 Å². The van der Waals surface area contributed by atoms with Crippen molar-refractivity contribution in [3.05, 3.63) is 35.9 Å². The van der Waals surface area contributed by atoms with Gasteiger partial charge in [0, 0.05) is 23.7 Å². The van der Waals surface area contributed by atoms with E-state index in [0.29, 0.717) is 6.54 Å². The van der Waals surface area contributed by atoms with E-state index in [2.05, 4.69) is 33.0 Å². The Morgan fingerprint density at radius 1 is 1.19 bits per heavy atom. The molecule has 0 atom stereocenters. The van der Waals surface area contributed by atoms with E-state index in [-0.39, 0.29) is 17.1 Å². The molecule has 0 spiro atoms. The Bertz CT molecular complexity index is 481. The van der Waals surface area contributed by atoms with E-state index in [4.69, 9.17) is 0 Å². The third kappa shape index (κ3) is 4.21. The third-order valence-electron chi connectivity index (χ3n) is 4.05. The summed E-state index contributed by atoms with van der Waals surface area (Å²) in [5.41, 5.74) is 0.919. The van der Waals surface area contributed by atoms with E-state index in [1.165, 1.54) is 0 Å².